The third-order valence-electron chi connectivity index (χ3n) is 9.43. The molecular weight excluding hydrogens is 428 g/mol. The van der Waals surface area contributed by atoms with Gasteiger partial charge in [-0.2, -0.15) is 0 Å². The Balaban J connectivity index is 1.75. The number of sulfone groups is 1. The largest absolute Gasteiger partial charge is 0.501 e. The highest BCUT2D eigenvalue weighted by Gasteiger charge is 2.66. The Bertz CT molecular complexity index is 947. The van der Waals surface area contributed by atoms with Crippen LogP contribution >= 0.6 is 0 Å². The zero-order chi connectivity index (χ0) is 23.5. The van der Waals surface area contributed by atoms with Gasteiger partial charge in [0.25, 0.3) is 0 Å². The van der Waals surface area contributed by atoms with E-state index in [4.69, 9.17) is 9.47 Å². The van der Waals surface area contributed by atoms with Gasteiger partial charge in [0.2, 0.25) is 0 Å². The minimum absolute atomic E-state index is 0.00296. The maximum absolute atomic E-state index is 13.7. The first kappa shape index (κ1) is 23.7. The smallest absolute Gasteiger partial charge is 0.343 e. The van der Waals surface area contributed by atoms with E-state index in [1.54, 1.807) is 19.3 Å². The predicted octanol–water partition coefficient (Wildman–Crippen LogP) is 4.27. The van der Waals surface area contributed by atoms with E-state index < -0.39 is 21.1 Å². The highest BCUT2D eigenvalue weighted by atomic mass is 32.2. The zero-order valence-electron chi connectivity index (χ0n) is 20.3. The summed E-state index contributed by atoms with van der Waals surface area (Å²) in [5.74, 6) is 1.06. The van der Waals surface area contributed by atoms with Crippen LogP contribution in [-0.2, 0) is 28.8 Å². The third kappa shape index (κ3) is 3.50. The van der Waals surface area contributed by atoms with Crippen molar-refractivity contribution >= 4 is 15.8 Å². The molecule has 0 radical (unpaired) electrons. The minimum Gasteiger partial charge on any atom is -0.501 e. The number of rotatable bonds is 4. The van der Waals surface area contributed by atoms with Crippen molar-refractivity contribution in [2.75, 3.05) is 26.6 Å². The Kier molecular flexibility index (Phi) is 5.75. The van der Waals surface area contributed by atoms with Crippen molar-refractivity contribution in [3.8, 4) is 0 Å². The number of esters is 1. The van der Waals surface area contributed by atoms with Crippen LogP contribution in [0.3, 0.4) is 0 Å². The summed E-state index contributed by atoms with van der Waals surface area (Å²) < 4.78 is 43.5. The van der Waals surface area contributed by atoms with Gasteiger partial charge in [0.1, 0.15) is 11.5 Å². The second-order valence-corrected chi connectivity index (χ2v) is 13.7. The number of carbonyl (C=O) groups is 1. The summed E-state index contributed by atoms with van der Waals surface area (Å²) in [7, 11) is -0.536. The molecule has 32 heavy (non-hydrogen) atoms. The highest BCUT2D eigenvalue weighted by molar-refractivity contribution is 7.92. The van der Waals surface area contributed by atoms with Crippen LogP contribution < -0.4 is 0 Å². The van der Waals surface area contributed by atoms with Gasteiger partial charge in [-0.3, -0.25) is 0 Å². The molecule has 1 heterocycles. The molecule has 4 aliphatic rings. The fraction of sp³-hybridized carbons (Fsp3) is 0.800. The molecule has 3 aliphatic carbocycles. The molecule has 0 spiro atoms. The van der Waals surface area contributed by atoms with Gasteiger partial charge in [0.05, 0.1) is 25.2 Å². The van der Waals surface area contributed by atoms with Crippen LogP contribution in [0.1, 0.15) is 59.8 Å². The van der Waals surface area contributed by atoms with E-state index in [1.165, 1.54) is 13.5 Å². The van der Waals surface area contributed by atoms with Crippen LogP contribution in [0.4, 0.5) is 0 Å². The van der Waals surface area contributed by atoms with Crippen molar-refractivity contribution < 1.29 is 27.4 Å². The van der Waals surface area contributed by atoms with Gasteiger partial charge in [-0.1, -0.05) is 34.1 Å². The minimum atomic E-state index is -3.43. The molecule has 0 amide bonds. The summed E-state index contributed by atoms with van der Waals surface area (Å²) in [6.07, 6.45) is 9.01. The van der Waals surface area contributed by atoms with Crippen molar-refractivity contribution in [2.45, 2.75) is 65.0 Å². The topological polar surface area (TPSA) is 78.9 Å². The lowest BCUT2D eigenvalue weighted by Gasteiger charge is -2.66. The number of hydrogen-bond donors (Lipinski definition) is 0. The molecule has 180 valence electrons. The molecule has 0 N–H and O–H groups in total. The fourth-order valence-electron chi connectivity index (χ4n) is 7.97. The standard InChI is InChI=1S/C25H38O6S/c1-23(2)9-7-10-24(3)19(23)8-11-25(4)20(24)15-32(27,28)18-13-16(31-14-21(26)30-6)12-17(29-5)22(18)25/h12-13,18-20,22H,7-11,14-15H2,1-6H3/t18?,19-,20+,22?,24-,25+/m0/s1. The molecule has 6 nitrogen and oxygen atoms in total. The molecule has 0 aromatic heterocycles. The Morgan fingerprint density at radius 3 is 2.44 bits per heavy atom. The molecule has 2 saturated carbocycles. The summed E-state index contributed by atoms with van der Waals surface area (Å²) in [5.41, 5.74) is 0.0497. The second kappa shape index (κ2) is 7.78. The number of fused-ring (bicyclic) bond motifs is 5. The van der Waals surface area contributed by atoms with E-state index in [-0.39, 0.29) is 40.4 Å². The van der Waals surface area contributed by atoms with Gasteiger partial charge < -0.3 is 14.2 Å². The highest BCUT2D eigenvalue weighted by Crippen LogP contribution is 2.69. The van der Waals surface area contributed by atoms with Crippen LogP contribution in [0.2, 0.25) is 0 Å². The van der Waals surface area contributed by atoms with Gasteiger partial charge in [0.15, 0.2) is 16.4 Å². The lowest BCUT2D eigenvalue weighted by molar-refractivity contribution is -0.145. The zero-order valence-corrected chi connectivity index (χ0v) is 21.1. The lowest BCUT2D eigenvalue weighted by Crippen LogP contribution is -2.64. The van der Waals surface area contributed by atoms with Crippen molar-refractivity contribution in [3.05, 3.63) is 23.7 Å². The molecule has 4 rings (SSSR count). The Hall–Kier alpha value is -1.50. The molecule has 1 aliphatic heterocycles. The van der Waals surface area contributed by atoms with Crippen LogP contribution in [0.15, 0.2) is 23.7 Å². The third-order valence-corrected chi connectivity index (χ3v) is 11.5. The summed E-state index contributed by atoms with van der Waals surface area (Å²) in [6, 6.07) is 0. The fourth-order valence-corrected chi connectivity index (χ4v) is 10.6. The van der Waals surface area contributed by atoms with Gasteiger partial charge in [0, 0.05) is 12.0 Å². The van der Waals surface area contributed by atoms with Crippen LogP contribution in [0, 0.1) is 34.0 Å². The van der Waals surface area contributed by atoms with E-state index in [0.29, 0.717) is 17.4 Å². The maximum atomic E-state index is 13.7. The quantitative estimate of drug-likeness (QED) is 0.576. The van der Waals surface area contributed by atoms with Gasteiger partial charge >= 0.3 is 5.97 Å². The Labute approximate surface area is 192 Å². The second-order valence-electron chi connectivity index (χ2n) is 11.5. The van der Waals surface area contributed by atoms with Crippen LogP contribution in [0.5, 0.6) is 0 Å². The molecule has 7 heteroatoms. The molecule has 0 bridgehead atoms. The normalized spacial score (nSPS) is 41.7. The number of allylic oxidation sites excluding steroid dienone is 2. The van der Waals surface area contributed by atoms with Gasteiger partial charge in [-0.05, 0) is 59.8 Å². The van der Waals surface area contributed by atoms with Crippen molar-refractivity contribution in [1.82, 2.24) is 0 Å². The van der Waals surface area contributed by atoms with Crippen molar-refractivity contribution in [3.63, 3.8) is 0 Å². The lowest BCUT2D eigenvalue weighted by atomic mass is 9.41. The van der Waals surface area contributed by atoms with E-state index in [0.717, 1.165) is 25.7 Å². The number of methoxy groups -OCH3 is 2. The van der Waals surface area contributed by atoms with Gasteiger partial charge in [-0.25, -0.2) is 13.2 Å². The molecule has 3 fully saturated rings. The van der Waals surface area contributed by atoms with Gasteiger partial charge in [-0.15, -0.1) is 0 Å². The first-order chi connectivity index (χ1) is 14.9. The molecular formula is C25H38O6S. The first-order valence-electron chi connectivity index (χ1n) is 11.8. The van der Waals surface area contributed by atoms with E-state index in [2.05, 4.69) is 32.4 Å². The van der Waals surface area contributed by atoms with Crippen LogP contribution in [-0.4, -0.2) is 46.2 Å². The summed E-state index contributed by atoms with van der Waals surface area (Å²) >= 11 is 0. The van der Waals surface area contributed by atoms with Crippen LogP contribution in [0.25, 0.3) is 0 Å². The first-order valence-corrected chi connectivity index (χ1v) is 13.5. The Morgan fingerprint density at radius 2 is 1.78 bits per heavy atom. The Morgan fingerprint density at radius 1 is 1.06 bits per heavy atom. The monoisotopic (exact) mass is 466 g/mol. The molecule has 6 atom stereocenters. The maximum Gasteiger partial charge on any atom is 0.343 e. The van der Waals surface area contributed by atoms with E-state index in [1.807, 2.05) is 0 Å². The SMILES string of the molecule is COC(=O)COC1=CC2C(C(OC)=C1)[C@]1(C)CC[C@H]3C(C)(C)CCC[C@]3(C)[C@H]1CS2(=O)=O. The molecule has 1 saturated heterocycles. The average molecular weight is 467 g/mol. The number of carbonyl (C=O) groups excluding carboxylic acids is 1. The number of hydrogen-bond acceptors (Lipinski definition) is 6. The summed E-state index contributed by atoms with van der Waals surface area (Å²) in [5, 5.41) is -0.701. The predicted molar refractivity (Wildman–Crippen MR) is 122 cm³/mol. The molecule has 2 unspecified atom stereocenters. The average Bonchev–Trinajstić information content (AvgIpc) is 2.72. The summed E-state index contributed by atoms with van der Waals surface area (Å²) in [4.78, 5) is 11.5. The van der Waals surface area contributed by atoms with Crippen molar-refractivity contribution in [1.29, 1.82) is 0 Å². The molecule has 0 aromatic rings. The van der Waals surface area contributed by atoms with E-state index in [9.17, 15) is 13.2 Å². The number of ether oxygens (including phenoxy) is 3. The molecule has 0 aromatic carbocycles. The van der Waals surface area contributed by atoms with Crippen molar-refractivity contribution in [2.24, 2.45) is 34.0 Å². The summed E-state index contributed by atoms with van der Waals surface area (Å²) in [6.45, 7) is 9.12. The van der Waals surface area contributed by atoms with E-state index >= 15 is 0 Å².